The zero-order valence-corrected chi connectivity index (χ0v) is 24.4. The number of carbonyl (C=O) groups excluding carboxylic acids is 3. The summed E-state index contributed by atoms with van der Waals surface area (Å²) in [5.74, 6) is -0.715. The fourth-order valence-electron chi connectivity index (χ4n) is 4.58. The maximum atomic E-state index is 13.1. The quantitative estimate of drug-likeness (QED) is 0.425. The minimum Gasteiger partial charge on any atom is -0.497 e. The number of hydrogen-bond acceptors (Lipinski definition) is 8. The van der Waals surface area contributed by atoms with Crippen molar-refractivity contribution in [2.45, 2.75) is 43.5 Å². The highest BCUT2D eigenvalue weighted by Gasteiger charge is 2.33. The van der Waals surface area contributed by atoms with Crippen LogP contribution >= 0.6 is 0 Å². The molecule has 3 amide bonds. The Morgan fingerprint density at radius 1 is 1.07 bits per heavy atom. The van der Waals surface area contributed by atoms with Crippen LogP contribution in [0.25, 0.3) is 0 Å². The molecule has 0 spiro atoms. The van der Waals surface area contributed by atoms with Crippen molar-refractivity contribution in [1.29, 1.82) is 0 Å². The number of benzene rings is 2. The summed E-state index contributed by atoms with van der Waals surface area (Å²) >= 11 is 0. The monoisotopic (exact) mass is 593 g/mol. The Hall–Kier alpha value is -3.29. The van der Waals surface area contributed by atoms with Crippen molar-refractivity contribution in [2.24, 2.45) is 5.92 Å². The van der Waals surface area contributed by atoms with Gasteiger partial charge in [0.1, 0.15) is 15.6 Å². The van der Waals surface area contributed by atoms with Crippen LogP contribution < -0.4 is 15.4 Å². The predicted octanol–water partition coefficient (Wildman–Crippen LogP) is 2.17. The number of imide groups is 1. The number of hydrogen-bond donors (Lipinski definition) is 2. The lowest BCUT2D eigenvalue weighted by Gasteiger charge is -2.20. The van der Waals surface area contributed by atoms with Gasteiger partial charge in [0.25, 0.3) is 5.91 Å². The highest BCUT2D eigenvalue weighted by atomic mass is 32.2. The van der Waals surface area contributed by atoms with E-state index in [9.17, 15) is 31.2 Å². The van der Waals surface area contributed by atoms with Crippen LogP contribution in [0.5, 0.6) is 5.75 Å². The number of carbonyl (C=O) groups is 3. The molecule has 1 heterocycles. The molecular formula is C27H35N3O8S2. The third kappa shape index (κ3) is 8.60. The summed E-state index contributed by atoms with van der Waals surface area (Å²) in [5.41, 5.74) is 0.936. The number of nitrogens with one attached hydrogen (secondary N) is 2. The summed E-state index contributed by atoms with van der Waals surface area (Å²) in [6, 6.07) is 10.7. The average molecular weight is 594 g/mol. The summed E-state index contributed by atoms with van der Waals surface area (Å²) in [5, 5.41) is 4.75. The Balaban J connectivity index is 1.60. The Kier molecular flexibility index (Phi) is 10.4. The number of nitrogens with zero attached hydrogens (tertiary/aromatic N) is 1. The SMILES string of the molecule is COc1ccc(S(=O)(=O)N2CCC[C@H](NC(=O)NC(=O)c3ccccc3CCC(C)CS(C)(=O)=O)C(=O)C2)cc1. The molecule has 2 aromatic carbocycles. The zero-order valence-electron chi connectivity index (χ0n) is 22.8. The first kappa shape index (κ1) is 31.2. The predicted molar refractivity (Wildman–Crippen MR) is 149 cm³/mol. The summed E-state index contributed by atoms with van der Waals surface area (Å²) in [6.45, 7) is 1.51. The molecule has 1 aliphatic rings. The van der Waals surface area contributed by atoms with Crippen molar-refractivity contribution in [3.63, 3.8) is 0 Å². The highest BCUT2D eigenvalue weighted by Crippen LogP contribution is 2.22. The fourth-order valence-corrected chi connectivity index (χ4v) is 7.22. The van der Waals surface area contributed by atoms with Crippen LogP contribution in [0.15, 0.2) is 53.4 Å². The minimum atomic E-state index is -3.94. The Labute approximate surface area is 235 Å². The molecule has 40 heavy (non-hydrogen) atoms. The van der Waals surface area contributed by atoms with Crippen LogP contribution in [0.1, 0.15) is 42.1 Å². The normalized spacial score (nSPS) is 17.5. The number of sulfonamides is 1. The standard InChI is InChI=1S/C27H35N3O8S2/c1-19(18-39(3,34)35)10-11-20-7-4-5-8-23(20)26(32)29-27(33)28-24-9-6-16-30(17-25(24)31)40(36,37)22-14-12-21(38-2)13-15-22/h4-5,7-8,12-15,19,24H,6,9-11,16-18H2,1-3H3,(H2,28,29,32,33)/t19?,24-/m0/s1. The number of aryl methyl sites for hydroxylation is 1. The van der Waals surface area contributed by atoms with E-state index < -0.39 is 50.2 Å². The molecule has 3 rings (SSSR count). The maximum Gasteiger partial charge on any atom is 0.322 e. The average Bonchev–Trinajstić information content (AvgIpc) is 3.08. The molecule has 0 radical (unpaired) electrons. The number of ketones is 1. The van der Waals surface area contributed by atoms with Crippen LogP contribution in [-0.2, 0) is 31.1 Å². The van der Waals surface area contributed by atoms with E-state index in [0.29, 0.717) is 30.6 Å². The molecule has 0 bridgehead atoms. The third-order valence-electron chi connectivity index (χ3n) is 6.61. The van der Waals surface area contributed by atoms with E-state index >= 15 is 0 Å². The smallest absolute Gasteiger partial charge is 0.322 e. The Bertz CT molecular complexity index is 1440. The molecule has 0 saturated carbocycles. The van der Waals surface area contributed by atoms with E-state index in [1.165, 1.54) is 37.6 Å². The molecular weight excluding hydrogens is 558 g/mol. The van der Waals surface area contributed by atoms with Gasteiger partial charge in [0, 0.05) is 18.4 Å². The summed E-state index contributed by atoms with van der Waals surface area (Å²) in [7, 11) is -5.59. The lowest BCUT2D eigenvalue weighted by Crippen LogP contribution is -2.49. The van der Waals surface area contributed by atoms with Gasteiger partial charge in [0.2, 0.25) is 10.0 Å². The van der Waals surface area contributed by atoms with Crippen molar-refractivity contribution < 1.29 is 36.0 Å². The van der Waals surface area contributed by atoms with Gasteiger partial charge in [-0.05, 0) is 67.5 Å². The Morgan fingerprint density at radius 3 is 2.40 bits per heavy atom. The van der Waals surface area contributed by atoms with Crippen LogP contribution in [0.2, 0.25) is 0 Å². The van der Waals surface area contributed by atoms with Crippen LogP contribution in [0.4, 0.5) is 4.79 Å². The molecule has 0 aromatic heterocycles. The van der Waals surface area contributed by atoms with Gasteiger partial charge >= 0.3 is 6.03 Å². The summed E-state index contributed by atoms with van der Waals surface area (Å²) in [4.78, 5) is 38.4. The molecule has 13 heteroatoms. The summed E-state index contributed by atoms with van der Waals surface area (Å²) < 4.78 is 55.4. The van der Waals surface area contributed by atoms with Crippen LogP contribution in [0.3, 0.4) is 0 Å². The molecule has 1 saturated heterocycles. The van der Waals surface area contributed by atoms with Crippen molar-refractivity contribution in [1.82, 2.24) is 14.9 Å². The number of ether oxygens (including phenoxy) is 1. The second-order valence-electron chi connectivity index (χ2n) is 10.00. The third-order valence-corrected chi connectivity index (χ3v) is 9.64. The van der Waals surface area contributed by atoms with E-state index in [-0.39, 0.29) is 35.1 Å². The Morgan fingerprint density at radius 2 is 1.75 bits per heavy atom. The molecule has 1 aliphatic heterocycles. The maximum absolute atomic E-state index is 13.1. The lowest BCUT2D eigenvalue weighted by molar-refractivity contribution is -0.120. The largest absolute Gasteiger partial charge is 0.497 e. The van der Waals surface area contributed by atoms with Crippen molar-refractivity contribution in [3.05, 3.63) is 59.7 Å². The topological polar surface area (TPSA) is 156 Å². The summed E-state index contributed by atoms with van der Waals surface area (Å²) in [6.07, 6.45) is 2.70. The molecule has 1 fully saturated rings. The van der Waals surface area contributed by atoms with E-state index in [4.69, 9.17) is 4.74 Å². The zero-order chi connectivity index (χ0) is 29.5. The van der Waals surface area contributed by atoms with Gasteiger partial charge in [-0.1, -0.05) is 25.1 Å². The van der Waals surface area contributed by atoms with Crippen LogP contribution in [0, 0.1) is 5.92 Å². The van der Waals surface area contributed by atoms with Gasteiger partial charge in [-0.15, -0.1) is 0 Å². The van der Waals surface area contributed by atoms with Gasteiger partial charge in [0.05, 0.1) is 30.3 Å². The van der Waals surface area contributed by atoms with E-state index in [1.54, 1.807) is 24.3 Å². The van der Waals surface area contributed by atoms with Crippen molar-refractivity contribution >= 4 is 37.6 Å². The minimum absolute atomic E-state index is 0.0280. The first-order chi connectivity index (χ1) is 18.8. The van der Waals surface area contributed by atoms with Crippen molar-refractivity contribution in [3.8, 4) is 5.75 Å². The molecule has 1 unspecified atom stereocenters. The van der Waals surface area contributed by atoms with Gasteiger partial charge in [-0.2, -0.15) is 4.31 Å². The number of urea groups is 1. The lowest BCUT2D eigenvalue weighted by atomic mass is 9.98. The molecule has 218 valence electrons. The molecule has 2 N–H and O–H groups in total. The number of methoxy groups -OCH3 is 1. The fraction of sp³-hybridized carbons (Fsp3) is 0.444. The second kappa shape index (κ2) is 13.4. The number of Topliss-reactive ketones (excluding diaryl/α,β-unsaturated/α-hetero) is 1. The first-order valence-corrected chi connectivity index (χ1v) is 16.3. The number of sulfone groups is 1. The second-order valence-corrected chi connectivity index (χ2v) is 14.1. The van der Waals surface area contributed by atoms with E-state index in [1.807, 2.05) is 6.92 Å². The van der Waals surface area contributed by atoms with Gasteiger partial charge in [0.15, 0.2) is 5.78 Å². The van der Waals surface area contributed by atoms with Gasteiger partial charge < -0.3 is 10.1 Å². The van der Waals surface area contributed by atoms with Gasteiger partial charge in [-0.25, -0.2) is 21.6 Å². The first-order valence-electron chi connectivity index (χ1n) is 12.8. The van der Waals surface area contributed by atoms with E-state index in [2.05, 4.69) is 10.6 Å². The molecule has 11 nitrogen and oxygen atoms in total. The van der Waals surface area contributed by atoms with Gasteiger partial charge in [-0.3, -0.25) is 14.9 Å². The molecule has 2 atom stereocenters. The van der Waals surface area contributed by atoms with E-state index in [0.717, 1.165) is 4.31 Å². The molecule has 2 aromatic rings. The molecule has 0 aliphatic carbocycles. The highest BCUT2D eigenvalue weighted by molar-refractivity contribution is 7.90. The van der Waals surface area contributed by atoms with Crippen LogP contribution in [-0.4, -0.2) is 77.1 Å². The number of amides is 3. The van der Waals surface area contributed by atoms with Crippen molar-refractivity contribution in [2.75, 3.05) is 32.2 Å². The number of rotatable bonds is 10.